The zero-order chi connectivity index (χ0) is 11.3. The Morgan fingerprint density at radius 1 is 1.53 bits per heavy atom. The van der Waals surface area contributed by atoms with Crippen molar-refractivity contribution >= 4 is 5.95 Å². The molecular weight excluding hydrogens is 190 g/mol. The van der Waals surface area contributed by atoms with Crippen molar-refractivity contribution in [3.63, 3.8) is 0 Å². The third kappa shape index (κ3) is 2.94. The van der Waals surface area contributed by atoms with Crippen molar-refractivity contribution in [1.29, 1.82) is 0 Å². The lowest BCUT2D eigenvalue weighted by Gasteiger charge is -2.05. The second kappa shape index (κ2) is 5.34. The van der Waals surface area contributed by atoms with Crippen molar-refractivity contribution in [1.82, 2.24) is 9.97 Å². The molecule has 4 nitrogen and oxygen atoms in total. The van der Waals surface area contributed by atoms with Gasteiger partial charge in [0.05, 0.1) is 5.69 Å². The predicted octanol–water partition coefficient (Wildman–Crippen LogP) is 1.63. The Bertz CT molecular complexity index is 407. The quantitative estimate of drug-likeness (QED) is 0.738. The smallest absolute Gasteiger partial charge is 0.256 e. The van der Waals surface area contributed by atoms with Crippen LogP contribution in [-0.2, 0) is 6.42 Å². The first kappa shape index (κ1) is 11.5. The molecular formula is C11H17N3O. The average Bonchev–Trinajstić information content (AvgIpc) is 2.17. The van der Waals surface area contributed by atoms with E-state index in [2.05, 4.69) is 15.3 Å². The fourth-order valence-corrected chi connectivity index (χ4v) is 1.34. The van der Waals surface area contributed by atoms with Crippen LogP contribution in [0.3, 0.4) is 0 Å². The summed E-state index contributed by atoms with van der Waals surface area (Å²) in [6, 6.07) is 0. The summed E-state index contributed by atoms with van der Waals surface area (Å²) in [4.78, 5) is 18.7. The molecule has 0 radical (unpaired) electrons. The van der Waals surface area contributed by atoms with E-state index in [-0.39, 0.29) is 5.56 Å². The molecule has 0 aliphatic carbocycles. The van der Waals surface area contributed by atoms with E-state index in [1.165, 1.54) is 0 Å². The predicted molar refractivity (Wildman–Crippen MR) is 62.3 cm³/mol. The maximum Gasteiger partial charge on any atom is 0.256 e. The normalized spacial score (nSPS) is 10.9. The van der Waals surface area contributed by atoms with Crippen LogP contribution in [0, 0.1) is 6.92 Å². The van der Waals surface area contributed by atoms with Gasteiger partial charge < -0.3 is 5.32 Å². The molecule has 4 heteroatoms. The highest BCUT2D eigenvalue weighted by atomic mass is 16.1. The van der Waals surface area contributed by atoms with Crippen LogP contribution in [0.4, 0.5) is 5.95 Å². The first-order chi connectivity index (χ1) is 7.19. The molecule has 1 rings (SSSR count). The van der Waals surface area contributed by atoms with Crippen molar-refractivity contribution in [2.75, 3.05) is 11.9 Å². The van der Waals surface area contributed by atoms with E-state index in [0.29, 0.717) is 12.4 Å². The number of H-pyrrole nitrogens is 1. The molecule has 15 heavy (non-hydrogen) atoms. The van der Waals surface area contributed by atoms with E-state index < -0.39 is 0 Å². The van der Waals surface area contributed by atoms with Crippen LogP contribution in [0.15, 0.2) is 16.9 Å². The maximum atomic E-state index is 11.7. The second-order valence-electron chi connectivity index (χ2n) is 3.28. The van der Waals surface area contributed by atoms with Crippen molar-refractivity contribution in [3.05, 3.63) is 33.8 Å². The molecule has 1 aromatic heterocycles. The van der Waals surface area contributed by atoms with Gasteiger partial charge in [0.15, 0.2) is 0 Å². The van der Waals surface area contributed by atoms with Gasteiger partial charge in [-0.1, -0.05) is 12.2 Å². The zero-order valence-corrected chi connectivity index (χ0v) is 9.42. The van der Waals surface area contributed by atoms with Crippen LogP contribution < -0.4 is 10.9 Å². The molecule has 0 fully saturated rings. The second-order valence-corrected chi connectivity index (χ2v) is 3.28. The van der Waals surface area contributed by atoms with E-state index in [1.807, 2.05) is 32.9 Å². The molecule has 0 spiro atoms. The molecule has 0 amide bonds. The Balaban J connectivity index is 3.04. The van der Waals surface area contributed by atoms with Crippen molar-refractivity contribution in [3.8, 4) is 0 Å². The van der Waals surface area contributed by atoms with E-state index in [1.54, 1.807) is 0 Å². The van der Waals surface area contributed by atoms with E-state index in [9.17, 15) is 4.79 Å². The number of aryl methyl sites for hydroxylation is 1. The van der Waals surface area contributed by atoms with Gasteiger partial charge >= 0.3 is 0 Å². The topological polar surface area (TPSA) is 57.8 Å². The lowest BCUT2D eigenvalue weighted by molar-refractivity contribution is 0.975. The van der Waals surface area contributed by atoms with Crippen molar-refractivity contribution < 1.29 is 0 Å². The summed E-state index contributed by atoms with van der Waals surface area (Å²) in [5.74, 6) is 0.546. The largest absolute Gasteiger partial charge is 0.356 e. The summed E-state index contributed by atoms with van der Waals surface area (Å²) >= 11 is 0. The Morgan fingerprint density at radius 2 is 2.27 bits per heavy atom. The highest BCUT2D eigenvalue weighted by Gasteiger charge is 2.05. The standard InChI is InChI=1S/C11H17N3O/c1-4-6-7-9-8(3)13-11(12-5-2)14-10(9)15/h4,6H,5,7H2,1-3H3,(H2,12,13,14,15)/b6-4+. The molecule has 0 aliphatic rings. The average molecular weight is 207 g/mol. The lowest BCUT2D eigenvalue weighted by Crippen LogP contribution is -2.18. The summed E-state index contributed by atoms with van der Waals surface area (Å²) < 4.78 is 0. The minimum atomic E-state index is -0.0587. The number of aromatic amines is 1. The molecule has 0 atom stereocenters. The maximum absolute atomic E-state index is 11.7. The summed E-state index contributed by atoms with van der Waals surface area (Å²) in [6.45, 7) is 6.50. The number of nitrogens with one attached hydrogen (secondary N) is 2. The molecule has 2 N–H and O–H groups in total. The van der Waals surface area contributed by atoms with E-state index >= 15 is 0 Å². The Morgan fingerprint density at radius 3 is 2.80 bits per heavy atom. The van der Waals surface area contributed by atoms with Gasteiger partial charge in [0.1, 0.15) is 0 Å². The molecule has 82 valence electrons. The third-order valence-corrected chi connectivity index (χ3v) is 2.12. The lowest BCUT2D eigenvalue weighted by atomic mass is 10.1. The van der Waals surface area contributed by atoms with Crippen LogP contribution in [0.2, 0.25) is 0 Å². The summed E-state index contributed by atoms with van der Waals surface area (Å²) in [7, 11) is 0. The number of aromatic nitrogens is 2. The van der Waals surface area contributed by atoms with Gasteiger partial charge in [-0.05, 0) is 27.2 Å². The monoisotopic (exact) mass is 207 g/mol. The highest BCUT2D eigenvalue weighted by molar-refractivity contribution is 5.29. The Labute approximate surface area is 89.4 Å². The molecule has 0 saturated carbocycles. The van der Waals surface area contributed by atoms with E-state index in [4.69, 9.17) is 0 Å². The fourth-order valence-electron chi connectivity index (χ4n) is 1.34. The molecule has 0 bridgehead atoms. The van der Waals surface area contributed by atoms with E-state index in [0.717, 1.165) is 17.8 Å². The molecule has 1 aromatic rings. The number of allylic oxidation sites excluding steroid dienone is 2. The van der Waals surface area contributed by atoms with Gasteiger partial charge in [0, 0.05) is 12.1 Å². The number of hydrogen-bond acceptors (Lipinski definition) is 3. The van der Waals surface area contributed by atoms with Gasteiger partial charge in [0.2, 0.25) is 5.95 Å². The van der Waals surface area contributed by atoms with Crippen LogP contribution >= 0.6 is 0 Å². The first-order valence-corrected chi connectivity index (χ1v) is 5.13. The van der Waals surface area contributed by atoms with Gasteiger partial charge in [-0.2, -0.15) is 0 Å². The molecule has 0 unspecified atom stereocenters. The molecule has 1 heterocycles. The summed E-state index contributed by atoms with van der Waals surface area (Å²) in [5.41, 5.74) is 1.46. The van der Waals surface area contributed by atoms with Crippen LogP contribution in [0.5, 0.6) is 0 Å². The summed E-state index contributed by atoms with van der Waals surface area (Å²) in [6.07, 6.45) is 4.51. The minimum absolute atomic E-state index is 0.0587. The summed E-state index contributed by atoms with van der Waals surface area (Å²) in [5, 5.41) is 2.99. The molecule has 0 saturated heterocycles. The SMILES string of the molecule is C/C=C/Cc1c(C)nc(NCC)[nH]c1=O. The zero-order valence-electron chi connectivity index (χ0n) is 9.42. The Hall–Kier alpha value is -1.58. The van der Waals surface area contributed by atoms with Crippen LogP contribution in [-0.4, -0.2) is 16.5 Å². The first-order valence-electron chi connectivity index (χ1n) is 5.13. The minimum Gasteiger partial charge on any atom is -0.356 e. The highest BCUT2D eigenvalue weighted by Crippen LogP contribution is 2.03. The Kier molecular flexibility index (Phi) is 4.09. The van der Waals surface area contributed by atoms with Gasteiger partial charge in [-0.3, -0.25) is 9.78 Å². The molecule has 0 aromatic carbocycles. The molecule has 0 aliphatic heterocycles. The number of anilines is 1. The van der Waals surface area contributed by atoms with Crippen LogP contribution in [0.25, 0.3) is 0 Å². The number of rotatable bonds is 4. The van der Waals surface area contributed by atoms with Crippen molar-refractivity contribution in [2.24, 2.45) is 0 Å². The van der Waals surface area contributed by atoms with Crippen molar-refractivity contribution in [2.45, 2.75) is 27.2 Å². The van der Waals surface area contributed by atoms with Crippen LogP contribution in [0.1, 0.15) is 25.1 Å². The van der Waals surface area contributed by atoms with Gasteiger partial charge in [0.25, 0.3) is 5.56 Å². The van der Waals surface area contributed by atoms with Gasteiger partial charge in [-0.25, -0.2) is 4.98 Å². The number of hydrogen-bond donors (Lipinski definition) is 2. The fraction of sp³-hybridized carbons (Fsp3) is 0.455. The van der Waals surface area contributed by atoms with Gasteiger partial charge in [-0.15, -0.1) is 0 Å². The number of nitrogens with zero attached hydrogens (tertiary/aromatic N) is 1. The third-order valence-electron chi connectivity index (χ3n) is 2.12.